The average Bonchev–Trinajstić information content (AvgIpc) is 2.51. The van der Waals surface area contributed by atoms with E-state index < -0.39 is 0 Å². The number of aliphatic hydroxyl groups excluding tert-OH is 1. The van der Waals surface area contributed by atoms with E-state index in [2.05, 4.69) is 6.58 Å². The monoisotopic (exact) mass is 280 g/mol. The second-order valence-electron chi connectivity index (χ2n) is 4.72. The van der Waals surface area contributed by atoms with Gasteiger partial charge in [0.2, 0.25) is 0 Å². The summed E-state index contributed by atoms with van der Waals surface area (Å²) in [6.07, 6.45) is 1.23. The Balaban J connectivity index is 2.67. The van der Waals surface area contributed by atoms with E-state index in [1.165, 1.54) is 0 Å². The van der Waals surface area contributed by atoms with Gasteiger partial charge in [0, 0.05) is 19.6 Å². The molecule has 1 rings (SSSR count). The molecule has 4 heteroatoms. The van der Waals surface area contributed by atoms with Gasteiger partial charge in [-0.2, -0.15) is 0 Å². The van der Waals surface area contributed by atoms with Crippen molar-refractivity contribution in [1.29, 1.82) is 0 Å². The fourth-order valence-corrected chi connectivity index (χ4v) is 1.97. The van der Waals surface area contributed by atoms with Gasteiger partial charge in [-0.15, -0.1) is 6.58 Å². The van der Waals surface area contributed by atoms with Crippen LogP contribution in [0.25, 0.3) is 0 Å². The van der Waals surface area contributed by atoms with Gasteiger partial charge in [0.05, 0.1) is 19.8 Å². The van der Waals surface area contributed by atoms with Gasteiger partial charge < -0.3 is 19.3 Å². The number of benzene rings is 1. The van der Waals surface area contributed by atoms with Gasteiger partial charge in [0.15, 0.2) is 0 Å². The Bertz CT molecular complexity index is 388. The minimum Gasteiger partial charge on any atom is -0.497 e. The first-order valence-corrected chi connectivity index (χ1v) is 6.67. The summed E-state index contributed by atoms with van der Waals surface area (Å²) >= 11 is 0. The molecular weight excluding hydrogens is 256 g/mol. The predicted octanol–water partition coefficient (Wildman–Crippen LogP) is 2.41. The number of methoxy groups -OCH3 is 2. The molecule has 0 aliphatic carbocycles. The van der Waals surface area contributed by atoms with Crippen molar-refractivity contribution in [3.05, 3.63) is 42.5 Å². The van der Waals surface area contributed by atoms with Crippen molar-refractivity contribution < 1.29 is 19.3 Å². The lowest BCUT2D eigenvalue weighted by molar-refractivity contribution is -0.0786. The smallest absolute Gasteiger partial charge is 0.118 e. The second-order valence-corrected chi connectivity index (χ2v) is 4.72. The molecule has 1 N–H and O–H groups in total. The van der Waals surface area contributed by atoms with Crippen LogP contribution in [0.4, 0.5) is 0 Å². The van der Waals surface area contributed by atoms with Crippen molar-refractivity contribution in [2.75, 3.05) is 20.8 Å². The lowest BCUT2D eigenvalue weighted by atomic mass is 10.00. The highest BCUT2D eigenvalue weighted by atomic mass is 16.5. The third-order valence-electron chi connectivity index (χ3n) is 3.28. The summed E-state index contributed by atoms with van der Waals surface area (Å²) in [5.41, 5.74) is 1.04. The van der Waals surface area contributed by atoms with Gasteiger partial charge in [0.25, 0.3) is 0 Å². The van der Waals surface area contributed by atoms with Crippen molar-refractivity contribution >= 4 is 0 Å². The zero-order valence-electron chi connectivity index (χ0n) is 12.4. The Kier molecular flexibility index (Phi) is 7.30. The lowest BCUT2D eigenvalue weighted by Gasteiger charge is -2.28. The molecule has 3 atom stereocenters. The standard InChI is InChI=1S/C16H24O4/c1-5-15(19-4)16(12(2)10-17)20-11-13-6-8-14(18-3)9-7-13/h5-9,12,15-17H,1,10-11H2,2-4H3/t12-,15+,16+/m1/s1. The molecule has 4 nitrogen and oxygen atoms in total. The average molecular weight is 280 g/mol. The van der Waals surface area contributed by atoms with Gasteiger partial charge in [-0.1, -0.05) is 25.1 Å². The first kappa shape index (κ1) is 16.7. The molecule has 0 saturated carbocycles. The van der Waals surface area contributed by atoms with Gasteiger partial charge in [-0.25, -0.2) is 0 Å². The molecule has 0 bridgehead atoms. The summed E-state index contributed by atoms with van der Waals surface area (Å²) in [7, 11) is 3.25. The highest BCUT2D eigenvalue weighted by Crippen LogP contribution is 2.18. The van der Waals surface area contributed by atoms with E-state index in [-0.39, 0.29) is 24.7 Å². The molecule has 1 aromatic carbocycles. The van der Waals surface area contributed by atoms with E-state index in [0.29, 0.717) is 6.61 Å². The maximum atomic E-state index is 9.32. The van der Waals surface area contributed by atoms with E-state index in [9.17, 15) is 5.11 Å². The Morgan fingerprint density at radius 2 is 1.90 bits per heavy atom. The number of hydrogen-bond acceptors (Lipinski definition) is 4. The fraction of sp³-hybridized carbons (Fsp3) is 0.500. The molecule has 0 aliphatic heterocycles. The summed E-state index contributed by atoms with van der Waals surface area (Å²) < 4.78 is 16.4. The molecule has 0 spiro atoms. The molecule has 0 heterocycles. The number of hydrogen-bond donors (Lipinski definition) is 1. The normalized spacial score (nSPS) is 15.4. The second kappa shape index (κ2) is 8.74. The van der Waals surface area contributed by atoms with Crippen molar-refractivity contribution in [3.8, 4) is 5.75 Å². The maximum absolute atomic E-state index is 9.32. The van der Waals surface area contributed by atoms with Crippen LogP contribution in [0.2, 0.25) is 0 Å². The topological polar surface area (TPSA) is 47.9 Å². The summed E-state index contributed by atoms with van der Waals surface area (Å²) in [4.78, 5) is 0. The highest BCUT2D eigenvalue weighted by Gasteiger charge is 2.25. The number of aliphatic hydroxyl groups is 1. The summed E-state index contributed by atoms with van der Waals surface area (Å²) in [5.74, 6) is 0.783. The first-order valence-electron chi connectivity index (χ1n) is 6.67. The fourth-order valence-electron chi connectivity index (χ4n) is 1.97. The predicted molar refractivity (Wildman–Crippen MR) is 78.8 cm³/mol. The van der Waals surface area contributed by atoms with E-state index in [1.807, 2.05) is 31.2 Å². The molecule has 1 aromatic rings. The van der Waals surface area contributed by atoms with Crippen LogP contribution in [0.5, 0.6) is 5.75 Å². The van der Waals surface area contributed by atoms with E-state index in [1.54, 1.807) is 20.3 Å². The molecule has 0 radical (unpaired) electrons. The van der Waals surface area contributed by atoms with Crippen LogP contribution in [-0.2, 0) is 16.1 Å². The van der Waals surface area contributed by atoms with E-state index in [4.69, 9.17) is 14.2 Å². The zero-order chi connectivity index (χ0) is 15.0. The van der Waals surface area contributed by atoms with Gasteiger partial charge in [-0.05, 0) is 17.7 Å². The summed E-state index contributed by atoms with van der Waals surface area (Å²) in [6, 6.07) is 7.69. The van der Waals surface area contributed by atoms with Crippen LogP contribution in [0, 0.1) is 5.92 Å². The molecule has 20 heavy (non-hydrogen) atoms. The number of rotatable bonds is 9. The summed E-state index contributed by atoms with van der Waals surface area (Å²) in [5, 5.41) is 9.32. The SMILES string of the molecule is C=C[C@H](OC)[C@@H](OCc1ccc(OC)cc1)[C@H](C)CO. The number of ether oxygens (including phenoxy) is 3. The van der Waals surface area contributed by atoms with Crippen LogP contribution >= 0.6 is 0 Å². The molecule has 0 aromatic heterocycles. The van der Waals surface area contributed by atoms with E-state index in [0.717, 1.165) is 11.3 Å². The van der Waals surface area contributed by atoms with Gasteiger partial charge in [0.1, 0.15) is 11.9 Å². The molecule has 0 unspecified atom stereocenters. The van der Waals surface area contributed by atoms with Gasteiger partial charge >= 0.3 is 0 Å². The minimum atomic E-state index is -0.240. The van der Waals surface area contributed by atoms with Crippen LogP contribution in [0.3, 0.4) is 0 Å². The highest BCUT2D eigenvalue weighted by molar-refractivity contribution is 5.26. The Morgan fingerprint density at radius 3 is 2.35 bits per heavy atom. The van der Waals surface area contributed by atoms with Crippen molar-refractivity contribution in [3.63, 3.8) is 0 Å². The minimum absolute atomic E-state index is 0.0313. The maximum Gasteiger partial charge on any atom is 0.118 e. The zero-order valence-corrected chi connectivity index (χ0v) is 12.4. The molecule has 0 aliphatic rings. The summed E-state index contributed by atoms with van der Waals surface area (Å²) in [6.45, 7) is 6.16. The van der Waals surface area contributed by atoms with Crippen molar-refractivity contribution in [2.45, 2.75) is 25.7 Å². The Morgan fingerprint density at radius 1 is 1.25 bits per heavy atom. The molecule has 0 amide bonds. The van der Waals surface area contributed by atoms with Crippen LogP contribution in [0.1, 0.15) is 12.5 Å². The lowest BCUT2D eigenvalue weighted by Crippen LogP contribution is -2.36. The van der Waals surface area contributed by atoms with Crippen LogP contribution in [0.15, 0.2) is 36.9 Å². The largest absolute Gasteiger partial charge is 0.497 e. The first-order chi connectivity index (χ1) is 9.65. The Hall–Kier alpha value is -1.36. The van der Waals surface area contributed by atoms with Crippen molar-refractivity contribution in [1.82, 2.24) is 0 Å². The van der Waals surface area contributed by atoms with Crippen LogP contribution < -0.4 is 4.74 Å². The molecular formula is C16H24O4. The van der Waals surface area contributed by atoms with E-state index >= 15 is 0 Å². The van der Waals surface area contributed by atoms with Gasteiger partial charge in [-0.3, -0.25) is 0 Å². The third kappa shape index (κ3) is 4.63. The molecule has 0 saturated heterocycles. The van der Waals surface area contributed by atoms with Crippen LogP contribution in [-0.4, -0.2) is 38.1 Å². The molecule has 112 valence electrons. The molecule has 0 fully saturated rings. The van der Waals surface area contributed by atoms with Crippen molar-refractivity contribution in [2.24, 2.45) is 5.92 Å². The quantitative estimate of drug-likeness (QED) is 0.706. The third-order valence-corrected chi connectivity index (χ3v) is 3.28. The Labute approximate surface area is 121 Å².